The summed E-state index contributed by atoms with van der Waals surface area (Å²) < 4.78 is 27.8. The van der Waals surface area contributed by atoms with Crippen molar-refractivity contribution in [1.82, 2.24) is 15.5 Å². The molecule has 2 aromatic carbocycles. The van der Waals surface area contributed by atoms with Crippen molar-refractivity contribution in [1.29, 1.82) is 0 Å². The van der Waals surface area contributed by atoms with Crippen molar-refractivity contribution in [3.63, 3.8) is 0 Å². The van der Waals surface area contributed by atoms with Crippen LogP contribution in [0, 0.1) is 11.6 Å². The number of benzene rings is 2. The fraction of sp³-hybridized carbons (Fsp3) is 0.567. The number of halogens is 2. The smallest absolute Gasteiger partial charge is 0.237 e. The molecule has 1 amide bonds. The van der Waals surface area contributed by atoms with Crippen LogP contribution in [0.5, 0.6) is 0 Å². The normalized spacial score (nSPS) is 25.4. The molecule has 2 aliphatic rings. The van der Waals surface area contributed by atoms with Gasteiger partial charge in [-0.15, -0.1) is 0 Å². The molecule has 5 N–H and O–H groups in total. The van der Waals surface area contributed by atoms with Gasteiger partial charge in [-0.25, -0.2) is 8.78 Å². The van der Waals surface area contributed by atoms with Crippen LogP contribution in [0.3, 0.4) is 0 Å². The highest BCUT2D eigenvalue weighted by atomic mass is 19.1. The Bertz CT molecular complexity index is 1080. The van der Waals surface area contributed by atoms with Gasteiger partial charge >= 0.3 is 0 Å². The van der Waals surface area contributed by atoms with Crippen LogP contribution in [-0.2, 0) is 24.2 Å². The van der Waals surface area contributed by atoms with E-state index in [-0.39, 0.29) is 31.3 Å². The van der Waals surface area contributed by atoms with Crippen molar-refractivity contribution in [2.45, 2.75) is 94.9 Å². The lowest BCUT2D eigenvalue weighted by Crippen LogP contribution is -2.56. The van der Waals surface area contributed by atoms with Crippen LogP contribution < -0.4 is 10.6 Å². The Labute approximate surface area is 229 Å². The molecule has 9 heteroatoms. The standard InChI is InChI=1S/C30H41F2N3O4/c1-2-19-6-5-7-20(10-19)16-33-17-29(38)25(13-21-11-22(31)14-23(32)12-21)34-30(39)27-15-24(36)18-35(27)26-8-3-4-9-28(26)37/h5-7,10-12,14,24-29,33,36-38H,2-4,8-9,13,15-18H2,1H3,(H,34,39)/t24?,25-,26+,27?,28+,29+/m0/s1. The van der Waals surface area contributed by atoms with Gasteiger partial charge in [-0.05, 0) is 60.9 Å². The van der Waals surface area contributed by atoms with E-state index in [1.165, 1.54) is 17.7 Å². The third kappa shape index (κ3) is 8.05. The van der Waals surface area contributed by atoms with Gasteiger partial charge in [0, 0.05) is 31.7 Å². The molecular weight excluding hydrogens is 504 g/mol. The molecule has 0 radical (unpaired) electrons. The van der Waals surface area contributed by atoms with Crippen molar-refractivity contribution < 1.29 is 28.9 Å². The Hall–Kier alpha value is -2.43. The third-order valence-electron chi connectivity index (χ3n) is 7.99. The lowest BCUT2D eigenvalue weighted by Gasteiger charge is -2.38. The highest BCUT2D eigenvalue weighted by Crippen LogP contribution is 2.30. The summed E-state index contributed by atoms with van der Waals surface area (Å²) in [5, 5.41) is 38.2. The summed E-state index contributed by atoms with van der Waals surface area (Å²) in [5.74, 6) is -1.83. The van der Waals surface area contributed by atoms with Crippen molar-refractivity contribution in [2.75, 3.05) is 13.1 Å². The Morgan fingerprint density at radius 3 is 2.49 bits per heavy atom. The van der Waals surface area contributed by atoms with Gasteiger partial charge in [-0.1, -0.05) is 44.0 Å². The summed E-state index contributed by atoms with van der Waals surface area (Å²) >= 11 is 0. The van der Waals surface area contributed by atoms with Crippen molar-refractivity contribution in [3.8, 4) is 0 Å². The van der Waals surface area contributed by atoms with Crippen LogP contribution in [0.15, 0.2) is 42.5 Å². The first-order valence-electron chi connectivity index (χ1n) is 14.1. The van der Waals surface area contributed by atoms with E-state index in [1.807, 2.05) is 17.0 Å². The first kappa shape index (κ1) is 29.6. The second-order valence-electron chi connectivity index (χ2n) is 11.0. The van der Waals surface area contributed by atoms with E-state index in [4.69, 9.17) is 0 Å². The van der Waals surface area contributed by atoms with E-state index in [9.17, 15) is 28.9 Å². The van der Waals surface area contributed by atoms with Crippen LogP contribution in [0.25, 0.3) is 0 Å². The minimum Gasteiger partial charge on any atom is -0.392 e. The largest absolute Gasteiger partial charge is 0.392 e. The molecule has 0 spiro atoms. The number of β-amino-alcohol motifs (C(OH)–C–C–N with tert-alkyl or cyclic N) is 1. The molecule has 0 aromatic heterocycles. The number of carbonyl (C=O) groups is 1. The van der Waals surface area contributed by atoms with E-state index in [0.29, 0.717) is 25.1 Å². The molecule has 2 aromatic rings. The number of likely N-dealkylation sites (tertiary alicyclic amines) is 1. The van der Waals surface area contributed by atoms with E-state index in [2.05, 4.69) is 29.7 Å². The van der Waals surface area contributed by atoms with Crippen molar-refractivity contribution in [2.24, 2.45) is 0 Å². The predicted octanol–water partition coefficient (Wildman–Crippen LogP) is 2.44. The summed E-state index contributed by atoms with van der Waals surface area (Å²) in [6.45, 7) is 3.04. The molecule has 2 unspecified atom stereocenters. The Kier molecular flexibility index (Phi) is 10.4. The van der Waals surface area contributed by atoms with E-state index >= 15 is 0 Å². The average molecular weight is 546 g/mol. The number of nitrogens with one attached hydrogen (secondary N) is 2. The molecule has 0 bridgehead atoms. The van der Waals surface area contributed by atoms with Gasteiger partial charge in [0.15, 0.2) is 0 Å². The van der Waals surface area contributed by atoms with E-state index in [0.717, 1.165) is 37.3 Å². The SMILES string of the molecule is CCc1cccc(CNC[C@@H](O)[C@H](Cc2cc(F)cc(F)c2)NC(=O)C2CC(O)CN2[C@@H]2CCCC[C@H]2O)c1. The number of hydrogen-bond donors (Lipinski definition) is 5. The van der Waals surface area contributed by atoms with Crippen LogP contribution in [0.1, 0.15) is 55.7 Å². The Balaban J connectivity index is 1.46. The molecule has 1 aliphatic heterocycles. The summed E-state index contributed by atoms with van der Waals surface area (Å²) in [5.41, 5.74) is 2.59. The number of rotatable bonds is 11. The lowest BCUT2D eigenvalue weighted by atomic mass is 9.91. The second-order valence-corrected chi connectivity index (χ2v) is 11.0. The summed E-state index contributed by atoms with van der Waals surface area (Å²) in [7, 11) is 0. The molecule has 1 saturated carbocycles. The number of hydrogen-bond acceptors (Lipinski definition) is 6. The maximum absolute atomic E-state index is 13.9. The van der Waals surface area contributed by atoms with Crippen molar-refractivity contribution in [3.05, 3.63) is 70.8 Å². The molecule has 4 rings (SSSR count). The first-order chi connectivity index (χ1) is 18.7. The predicted molar refractivity (Wildman–Crippen MR) is 145 cm³/mol. The number of nitrogens with zero attached hydrogens (tertiary/aromatic N) is 1. The van der Waals surface area contributed by atoms with Crippen LogP contribution in [0.2, 0.25) is 0 Å². The minimum atomic E-state index is -1.05. The summed E-state index contributed by atoms with van der Waals surface area (Å²) in [6, 6.07) is 9.59. The van der Waals surface area contributed by atoms with Crippen LogP contribution in [0.4, 0.5) is 8.78 Å². The summed E-state index contributed by atoms with van der Waals surface area (Å²) in [4.78, 5) is 15.4. The fourth-order valence-corrected chi connectivity index (χ4v) is 5.95. The molecule has 7 nitrogen and oxygen atoms in total. The minimum absolute atomic E-state index is 0.0237. The molecule has 1 aliphatic carbocycles. The van der Waals surface area contributed by atoms with Gasteiger partial charge in [-0.2, -0.15) is 0 Å². The number of aliphatic hydroxyl groups excluding tert-OH is 3. The monoisotopic (exact) mass is 545 g/mol. The zero-order valence-electron chi connectivity index (χ0n) is 22.5. The van der Waals surface area contributed by atoms with Gasteiger partial charge in [0.25, 0.3) is 0 Å². The summed E-state index contributed by atoms with van der Waals surface area (Å²) in [6.07, 6.45) is 2.13. The molecule has 1 heterocycles. The number of amides is 1. The number of aliphatic hydroxyl groups is 3. The maximum Gasteiger partial charge on any atom is 0.237 e. The second kappa shape index (κ2) is 13.8. The number of aryl methyl sites for hydroxylation is 1. The van der Waals surface area contributed by atoms with Gasteiger partial charge in [0.05, 0.1) is 30.4 Å². The van der Waals surface area contributed by atoms with Crippen molar-refractivity contribution >= 4 is 5.91 Å². The van der Waals surface area contributed by atoms with Gasteiger partial charge < -0.3 is 26.0 Å². The molecule has 6 atom stereocenters. The molecule has 39 heavy (non-hydrogen) atoms. The Morgan fingerprint density at radius 1 is 1.05 bits per heavy atom. The fourth-order valence-electron chi connectivity index (χ4n) is 5.95. The molecular formula is C30H41F2N3O4. The Morgan fingerprint density at radius 2 is 1.77 bits per heavy atom. The zero-order valence-corrected chi connectivity index (χ0v) is 22.5. The highest BCUT2D eigenvalue weighted by molar-refractivity contribution is 5.82. The topological polar surface area (TPSA) is 105 Å². The van der Waals surface area contributed by atoms with Crippen LogP contribution in [-0.4, -0.2) is 75.7 Å². The average Bonchev–Trinajstić information content (AvgIpc) is 3.29. The zero-order chi connectivity index (χ0) is 27.9. The van der Waals surface area contributed by atoms with E-state index < -0.39 is 42.0 Å². The molecule has 1 saturated heterocycles. The highest BCUT2D eigenvalue weighted by Gasteiger charge is 2.43. The van der Waals surface area contributed by atoms with E-state index in [1.54, 1.807) is 0 Å². The first-order valence-corrected chi connectivity index (χ1v) is 14.1. The number of carbonyl (C=O) groups excluding carboxylic acids is 1. The van der Waals surface area contributed by atoms with Crippen LogP contribution >= 0.6 is 0 Å². The quantitative estimate of drug-likeness (QED) is 0.297. The molecule has 2 fully saturated rings. The lowest BCUT2D eigenvalue weighted by molar-refractivity contribution is -0.129. The maximum atomic E-state index is 13.9. The third-order valence-corrected chi connectivity index (χ3v) is 7.99. The molecule has 214 valence electrons. The van der Waals surface area contributed by atoms with Gasteiger partial charge in [0.1, 0.15) is 11.6 Å². The van der Waals surface area contributed by atoms with Gasteiger partial charge in [0.2, 0.25) is 5.91 Å². The van der Waals surface area contributed by atoms with Gasteiger partial charge in [-0.3, -0.25) is 9.69 Å².